The number of carbonyl (C=O) groups excluding carboxylic acids is 1. The van der Waals surface area contributed by atoms with Crippen LogP contribution in [0.15, 0.2) is 60.8 Å². The molecule has 1 aliphatic rings. The van der Waals surface area contributed by atoms with Gasteiger partial charge in [-0.25, -0.2) is 13.8 Å². The summed E-state index contributed by atoms with van der Waals surface area (Å²) in [5, 5.41) is 3.41. The van der Waals surface area contributed by atoms with Gasteiger partial charge in [0.2, 0.25) is 0 Å². The van der Waals surface area contributed by atoms with Gasteiger partial charge in [0.1, 0.15) is 17.5 Å². The number of carbonyl (C=O) groups is 1. The minimum absolute atomic E-state index is 0.0855. The third-order valence-corrected chi connectivity index (χ3v) is 5.76. The minimum atomic E-state index is -0.798. The molecule has 1 N–H and O–H groups in total. The zero-order valence-electron chi connectivity index (χ0n) is 17.4. The Kier molecular flexibility index (Phi) is 6.97. The van der Waals surface area contributed by atoms with Crippen molar-refractivity contribution < 1.29 is 13.6 Å². The smallest absolute Gasteiger partial charge is 0.255 e. The monoisotopic (exact) mass is 456 g/mol. The van der Waals surface area contributed by atoms with Crippen molar-refractivity contribution in [2.45, 2.75) is 13.0 Å². The molecule has 0 unspecified atom stereocenters. The van der Waals surface area contributed by atoms with Crippen LogP contribution in [0.2, 0.25) is 5.02 Å². The lowest BCUT2D eigenvalue weighted by Gasteiger charge is -2.23. The third kappa shape index (κ3) is 5.60. The number of anilines is 2. The van der Waals surface area contributed by atoms with Gasteiger partial charge in [0.25, 0.3) is 5.91 Å². The first kappa shape index (κ1) is 22.2. The molecule has 8 heteroatoms. The summed E-state index contributed by atoms with van der Waals surface area (Å²) in [5.74, 6) is -1.37. The molecule has 2 aromatic carbocycles. The van der Waals surface area contributed by atoms with E-state index >= 15 is 0 Å². The largest absolute Gasteiger partial charge is 0.355 e. The molecule has 0 saturated carbocycles. The Morgan fingerprint density at radius 2 is 1.78 bits per heavy atom. The number of hydrogen-bond acceptors (Lipinski definition) is 4. The number of nitrogens with zero attached hydrogens (tertiary/aromatic N) is 3. The molecular weight excluding hydrogens is 434 g/mol. The maximum atomic E-state index is 13.3. The number of nitrogens with one attached hydrogen (secondary N) is 1. The van der Waals surface area contributed by atoms with Crippen LogP contribution in [0, 0.1) is 11.6 Å². The molecule has 166 valence electrons. The minimum Gasteiger partial charge on any atom is -0.355 e. The van der Waals surface area contributed by atoms with Crippen LogP contribution < -0.4 is 10.2 Å². The number of aromatic nitrogens is 1. The van der Waals surface area contributed by atoms with Crippen LogP contribution in [0.5, 0.6) is 0 Å². The van der Waals surface area contributed by atoms with Gasteiger partial charge >= 0.3 is 0 Å². The summed E-state index contributed by atoms with van der Waals surface area (Å²) in [7, 11) is 0. The Morgan fingerprint density at radius 1 is 1.00 bits per heavy atom. The number of amides is 1. The van der Waals surface area contributed by atoms with E-state index in [4.69, 9.17) is 11.6 Å². The summed E-state index contributed by atoms with van der Waals surface area (Å²) < 4.78 is 26.7. The molecule has 0 radical (unpaired) electrons. The maximum absolute atomic E-state index is 13.3. The van der Waals surface area contributed by atoms with Crippen LogP contribution in [-0.2, 0) is 6.54 Å². The molecule has 1 amide bonds. The van der Waals surface area contributed by atoms with Gasteiger partial charge in [-0.05, 0) is 42.3 Å². The molecule has 1 fully saturated rings. The van der Waals surface area contributed by atoms with Crippen molar-refractivity contribution in [3.63, 3.8) is 0 Å². The van der Waals surface area contributed by atoms with E-state index < -0.39 is 17.5 Å². The second-order valence-corrected chi connectivity index (χ2v) is 8.13. The van der Waals surface area contributed by atoms with Gasteiger partial charge in [0, 0.05) is 49.4 Å². The fraction of sp³-hybridized carbons (Fsp3) is 0.250. The fourth-order valence-corrected chi connectivity index (χ4v) is 3.96. The first-order chi connectivity index (χ1) is 15.5. The summed E-state index contributed by atoms with van der Waals surface area (Å²) in [5.41, 5.74) is 1.50. The van der Waals surface area contributed by atoms with Gasteiger partial charge in [-0.2, -0.15) is 0 Å². The van der Waals surface area contributed by atoms with Crippen molar-refractivity contribution in [1.29, 1.82) is 0 Å². The standard InChI is InChI=1S/C24H23ClF2N4O/c25-22-5-2-1-4-17(22)16-30-8-3-9-31(11-10-30)23-7-6-21(15-28-23)29-24(32)18-12-19(26)14-20(27)13-18/h1-2,4-7,12-15H,3,8-11,16H2,(H,29,32). The summed E-state index contributed by atoms with van der Waals surface area (Å²) in [6.07, 6.45) is 2.55. The molecule has 2 heterocycles. The molecule has 1 aliphatic heterocycles. The normalized spacial score (nSPS) is 14.8. The summed E-state index contributed by atoms with van der Waals surface area (Å²) >= 11 is 6.30. The van der Waals surface area contributed by atoms with E-state index in [2.05, 4.69) is 26.2 Å². The zero-order valence-corrected chi connectivity index (χ0v) is 18.2. The van der Waals surface area contributed by atoms with E-state index in [0.717, 1.165) is 73.7 Å². The highest BCUT2D eigenvalue weighted by Crippen LogP contribution is 2.20. The zero-order chi connectivity index (χ0) is 22.5. The predicted molar refractivity (Wildman–Crippen MR) is 122 cm³/mol. The van der Waals surface area contributed by atoms with Gasteiger partial charge in [-0.15, -0.1) is 0 Å². The van der Waals surface area contributed by atoms with Crippen molar-refractivity contribution in [1.82, 2.24) is 9.88 Å². The molecule has 4 rings (SSSR count). The quantitative estimate of drug-likeness (QED) is 0.588. The van der Waals surface area contributed by atoms with Crippen molar-refractivity contribution >= 4 is 29.0 Å². The summed E-state index contributed by atoms with van der Waals surface area (Å²) in [4.78, 5) is 21.3. The molecule has 0 spiro atoms. The average Bonchev–Trinajstić information content (AvgIpc) is 3.01. The van der Waals surface area contributed by atoms with Gasteiger partial charge in [-0.1, -0.05) is 29.8 Å². The first-order valence-corrected chi connectivity index (χ1v) is 10.8. The summed E-state index contributed by atoms with van der Waals surface area (Å²) in [6.45, 7) is 4.37. The van der Waals surface area contributed by atoms with E-state index in [9.17, 15) is 13.6 Å². The van der Waals surface area contributed by atoms with Crippen molar-refractivity contribution in [2.75, 3.05) is 36.4 Å². The molecule has 0 aliphatic carbocycles. The van der Waals surface area contributed by atoms with E-state index in [0.29, 0.717) is 5.69 Å². The SMILES string of the molecule is O=C(Nc1ccc(N2CCCN(Cc3ccccc3Cl)CC2)nc1)c1cc(F)cc(F)c1. The third-order valence-electron chi connectivity index (χ3n) is 5.39. The Bertz CT molecular complexity index is 1070. The van der Waals surface area contributed by atoms with E-state index in [1.165, 1.54) is 0 Å². The first-order valence-electron chi connectivity index (χ1n) is 10.4. The number of halogens is 3. The highest BCUT2D eigenvalue weighted by molar-refractivity contribution is 6.31. The lowest BCUT2D eigenvalue weighted by molar-refractivity contribution is 0.102. The van der Waals surface area contributed by atoms with Crippen LogP contribution in [-0.4, -0.2) is 42.0 Å². The molecular formula is C24H23ClF2N4O. The van der Waals surface area contributed by atoms with Gasteiger partial charge < -0.3 is 10.2 Å². The topological polar surface area (TPSA) is 48.5 Å². The second-order valence-electron chi connectivity index (χ2n) is 7.73. The van der Waals surface area contributed by atoms with Crippen LogP contribution in [0.4, 0.5) is 20.3 Å². The lowest BCUT2D eigenvalue weighted by atomic mass is 10.2. The molecule has 32 heavy (non-hydrogen) atoms. The molecule has 1 saturated heterocycles. The Hall–Kier alpha value is -3.03. The second kappa shape index (κ2) is 10.1. The number of pyridine rings is 1. The van der Waals surface area contributed by atoms with Crippen LogP contribution >= 0.6 is 11.6 Å². The van der Waals surface area contributed by atoms with Crippen LogP contribution in [0.1, 0.15) is 22.3 Å². The van der Waals surface area contributed by atoms with E-state index in [1.807, 2.05) is 24.3 Å². The lowest BCUT2D eigenvalue weighted by Crippen LogP contribution is -2.31. The van der Waals surface area contributed by atoms with Crippen LogP contribution in [0.3, 0.4) is 0 Å². The van der Waals surface area contributed by atoms with Gasteiger partial charge in [0.15, 0.2) is 0 Å². The van der Waals surface area contributed by atoms with Crippen molar-refractivity contribution in [3.8, 4) is 0 Å². The van der Waals surface area contributed by atoms with Gasteiger partial charge in [-0.3, -0.25) is 9.69 Å². The van der Waals surface area contributed by atoms with E-state index in [1.54, 1.807) is 12.3 Å². The fourth-order valence-electron chi connectivity index (χ4n) is 3.76. The van der Waals surface area contributed by atoms with Crippen LogP contribution in [0.25, 0.3) is 0 Å². The maximum Gasteiger partial charge on any atom is 0.255 e. The number of hydrogen-bond donors (Lipinski definition) is 1. The Balaban J connectivity index is 1.35. The predicted octanol–water partition coefficient (Wildman–Crippen LogP) is 4.98. The van der Waals surface area contributed by atoms with Crippen molar-refractivity contribution in [3.05, 3.63) is 88.6 Å². The van der Waals surface area contributed by atoms with Crippen molar-refractivity contribution in [2.24, 2.45) is 0 Å². The Morgan fingerprint density at radius 3 is 2.50 bits per heavy atom. The highest BCUT2D eigenvalue weighted by Gasteiger charge is 2.17. The molecule has 0 atom stereocenters. The molecule has 0 bridgehead atoms. The van der Waals surface area contributed by atoms with E-state index in [-0.39, 0.29) is 5.56 Å². The number of rotatable bonds is 5. The average molecular weight is 457 g/mol. The Labute approximate surface area is 190 Å². The molecule has 3 aromatic rings. The van der Waals surface area contributed by atoms with Gasteiger partial charge in [0.05, 0.1) is 11.9 Å². The highest BCUT2D eigenvalue weighted by atomic mass is 35.5. The molecule has 1 aromatic heterocycles. The number of benzene rings is 2. The summed E-state index contributed by atoms with van der Waals surface area (Å²) in [6, 6.07) is 14.2. The molecule has 5 nitrogen and oxygen atoms in total.